The second-order valence-corrected chi connectivity index (χ2v) is 10.7. The lowest BCUT2D eigenvalue weighted by Gasteiger charge is -2.38. The Labute approximate surface area is 216 Å². The van der Waals surface area contributed by atoms with Crippen molar-refractivity contribution in [3.8, 4) is 11.8 Å². The number of nitriles is 1. The molecule has 1 N–H and O–H groups in total. The maximum absolute atomic E-state index is 12.9. The smallest absolute Gasteiger partial charge is 0.129 e. The van der Waals surface area contributed by atoms with E-state index in [1.807, 2.05) is 18.7 Å². The molecule has 0 aliphatic carbocycles. The van der Waals surface area contributed by atoms with Gasteiger partial charge in [0.05, 0.1) is 18.2 Å². The summed E-state index contributed by atoms with van der Waals surface area (Å²) in [4.78, 5) is 8.00. The molecule has 0 amide bonds. The first-order chi connectivity index (χ1) is 17.7. The largest absolute Gasteiger partial charge is 0.488 e. The monoisotopic (exact) mass is 512 g/mol. The Morgan fingerprint density at radius 3 is 2.51 bits per heavy atom. The van der Waals surface area contributed by atoms with Gasteiger partial charge in [0.1, 0.15) is 23.5 Å². The average molecular weight is 513 g/mol. The van der Waals surface area contributed by atoms with Crippen LogP contribution in [0, 0.1) is 28.4 Å². The van der Waals surface area contributed by atoms with Crippen LogP contribution >= 0.6 is 0 Å². The Kier molecular flexibility index (Phi) is 8.46. The van der Waals surface area contributed by atoms with Crippen molar-refractivity contribution >= 4 is 10.9 Å². The third-order valence-electron chi connectivity index (χ3n) is 6.96. The van der Waals surface area contributed by atoms with Crippen molar-refractivity contribution in [2.75, 3.05) is 32.9 Å². The Bertz CT molecular complexity index is 1230. The Morgan fingerprint density at radius 1 is 1.14 bits per heavy atom. The SMILES string of the molecule is C[C@@H]1Cc2c([nH]c3ccccc23)CN1CC(C)(C)C#N.FCCCN1CC(Oc2cc(F)cc(F)c2)C1. The molecule has 5 nitrogen and oxygen atoms in total. The first-order valence-electron chi connectivity index (χ1n) is 12.8. The first kappa shape index (κ1) is 27.0. The van der Waals surface area contributed by atoms with Crippen LogP contribution in [0.3, 0.4) is 0 Å². The standard InChI is InChI=1S/C17H21N3.C12H14F3NO/c1-12-8-14-13-6-4-5-7-15(13)19-16(14)9-20(12)11-17(2,3)10-18;13-2-1-3-16-7-12(8-16)17-11-5-9(14)4-10(15)6-11/h4-7,12,19H,8-9,11H2,1-3H3;4-6,12H,1-3,7-8H2/t12-;/m1./s1. The lowest BCUT2D eigenvalue weighted by molar-refractivity contribution is 0.0181. The first-order valence-corrected chi connectivity index (χ1v) is 12.8. The van der Waals surface area contributed by atoms with E-state index >= 15 is 0 Å². The summed E-state index contributed by atoms with van der Waals surface area (Å²) < 4.78 is 43.1. The van der Waals surface area contributed by atoms with E-state index in [-0.39, 0.29) is 23.9 Å². The number of benzene rings is 2. The summed E-state index contributed by atoms with van der Waals surface area (Å²) in [5, 5.41) is 10.6. The normalized spacial score (nSPS) is 18.5. The minimum Gasteiger partial charge on any atom is -0.488 e. The number of fused-ring (bicyclic) bond motifs is 3. The Balaban J connectivity index is 0.000000176. The molecule has 3 aromatic rings. The number of hydrogen-bond donors (Lipinski definition) is 1. The molecule has 5 rings (SSSR count). The van der Waals surface area contributed by atoms with Crippen LogP contribution < -0.4 is 4.74 Å². The Morgan fingerprint density at radius 2 is 1.84 bits per heavy atom. The third-order valence-corrected chi connectivity index (χ3v) is 6.96. The summed E-state index contributed by atoms with van der Waals surface area (Å²) in [7, 11) is 0. The maximum atomic E-state index is 12.9. The number of para-hydroxylation sites is 1. The zero-order chi connectivity index (χ0) is 26.6. The molecule has 1 saturated heterocycles. The number of halogens is 3. The van der Waals surface area contributed by atoms with Gasteiger partial charge in [0.15, 0.2) is 0 Å². The average Bonchev–Trinajstić information content (AvgIpc) is 3.17. The van der Waals surface area contributed by atoms with Gasteiger partial charge >= 0.3 is 0 Å². The van der Waals surface area contributed by atoms with Crippen LogP contribution in [0.1, 0.15) is 38.4 Å². The third kappa shape index (κ3) is 6.85. The number of nitrogens with zero attached hydrogens (tertiary/aromatic N) is 3. The summed E-state index contributed by atoms with van der Waals surface area (Å²) in [5.41, 5.74) is 3.71. The van der Waals surface area contributed by atoms with Crippen molar-refractivity contribution in [2.24, 2.45) is 5.41 Å². The van der Waals surface area contributed by atoms with Gasteiger partial charge in [-0.25, -0.2) is 8.78 Å². The fraction of sp³-hybridized carbons (Fsp3) is 0.483. The van der Waals surface area contributed by atoms with Crippen molar-refractivity contribution in [3.05, 3.63) is 65.4 Å². The van der Waals surface area contributed by atoms with Gasteiger partial charge in [-0.2, -0.15) is 5.26 Å². The molecular weight excluding hydrogens is 477 g/mol. The zero-order valence-electron chi connectivity index (χ0n) is 21.7. The van der Waals surface area contributed by atoms with E-state index in [9.17, 15) is 18.4 Å². The predicted molar refractivity (Wildman–Crippen MR) is 139 cm³/mol. The number of aromatic amines is 1. The van der Waals surface area contributed by atoms with Crippen LogP contribution in [-0.4, -0.2) is 59.8 Å². The van der Waals surface area contributed by atoms with Gasteiger partial charge in [0, 0.05) is 73.6 Å². The summed E-state index contributed by atoms with van der Waals surface area (Å²) in [6.45, 7) is 9.76. The second kappa shape index (κ2) is 11.6. The predicted octanol–water partition coefficient (Wildman–Crippen LogP) is 5.85. The highest BCUT2D eigenvalue weighted by Gasteiger charge is 2.30. The number of H-pyrrole nitrogens is 1. The van der Waals surface area contributed by atoms with Crippen molar-refractivity contribution in [1.82, 2.24) is 14.8 Å². The highest BCUT2D eigenvalue weighted by molar-refractivity contribution is 5.84. The Hall–Kier alpha value is -3.02. The van der Waals surface area contributed by atoms with Gasteiger partial charge in [0.25, 0.3) is 0 Å². The van der Waals surface area contributed by atoms with Gasteiger partial charge in [-0.3, -0.25) is 14.2 Å². The molecule has 2 aromatic carbocycles. The van der Waals surface area contributed by atoms with Gasteiger partial charge in [-0.05, 0) is 45.2 Å². The van der Waals surface area contributed by atoms with Crippen molar-refractivity contribution in [1.29, 1.82) is 5.26 Å². The number of ether oxygens (including phenoxy) is 1. The fourth-order valence-corrected chi connectivity index (χ4v) is 5.01. The summed E-state index contributed by atoms with van der Waals surface area (Å²) in [6.07, 6.45) is 1.51. The van der Waals surface area contributed by atoms with E-state index in [1.165, 1.54) is 22.2 Å². The number of nitrogens with one attached hydrogen (secondary N) is 1. The van der Waals surface area contributed by atoms with Gasteiger partial charge < -0.3 is 9.72 Å². The number of aromatic nitrogens is 1. The molecule has 1 atom stereocenters. The fourth-order valence-electron chi connectivity index (χ4n) is 5.01. The molecular formula is C29H35F3N4O. The molecule has 3 heterocycles. The quantitative estimate of drug-likeness (QED) is 0.431. The maximum Gasteiger partial charge on any atom is 0.129 e. The van der Waals surface area contributed by atoms with E-state index in [0.717, 1.165) is 37.7 Å². The molecule has 1 fully saturated rings. The summed E-state index contributed by atoms with van der Waals surface area (Å²) in [5.74, 6) is -1.08. The second-order valence-electron chi connectivity index (χ2n) is 10.7. The molecule has 2 aliphatic rings. The van der Waals surface area contributed by atoms with Crippen molar-refractivity contribution < 1.29 is 17.9 Å². The molecule has 0 radical (unpaired) electrons. The van der Waals surface area contributed by atoms with Crippen molar-refractivity contribution in [2.45, 2.75) is 52.3 Å². The van der Waals surface area contributed by atoms with Gasteiger partial charge in [-0.1, -0.05) is 18.2 Å². The highest BCUT2D eigenvalue weighted by atomic mass is 19.1. The van der Waals surface area contributed by atoms with Gasteiger partial charge in [-0.15, -0.1) is 0 Å². The zero-order valence-corrected chi connectivity index (χ0v) is 21.7. The highest BCUT2D eigenvalue weighted by Crippen LogP contribution is 2.31. The van der Waals surface area contributed by atoms with Crippen LogP contribution in [0.25, 0.3) is 10.9 Å². The van der Waals surface area contributed by atoms with Crippen LogP contribution in [0.2, 0.25) is 0 Å². The number of likely N-dealkylation sites (tertiary alicyclic amines) is 1. The summed E-state index contributed by atoms with van der Waals surface area (Å²) in [6, 6.07) is 14.5. The molecule has 37 heavy (non-hydrogen) atoms. The van der Waals surface area contributed by atoms with Crippen LogP contribution in [-0.2, 0) is 13.0 Å². The van der Waals surface area contributed by atoms with Crippen LogP contribution in [0.5, 0.6) is 5.75 Å². The molecule has 0 saturated carbocycles. The van der Waals surface area contributed by atoms with E-state index in [4.69, 9.17) is 4.74 Å². The van der Waals surface area contributed by atoms with Crippen LogP contribution in [0.15, 0.2) is 42.5 Å². The van der Waals surface area contributed by atoms with E-state index in [1.54, 1.807) is 0 Å². The molecule has 1 aromatic heterocycles. The molecule has 2 aliphatic heterocycles. The van der Waals surface area contributed by atoms with Crippen molar-refractivity contribution in [3.63, 3.8) is 0 Å². The minimum absolute atomic E-state index is 0.0594. The lowest BCUT2D eigenvalue weighted by Crippen LogP contribution is -2.53. The molecule has 0 unspecified atom stereocenters. The number of alkyl halides is 1. The minimum atomic E-state index is -0.645. The van der Waals surface area contributed by atoms with Crippen LogP contribution in [0.4, 0.5) is 13.2 Å². The van der Waals surface area contributed by atoms with Gasteiger partial charge in [0.2, 0.25) is 0 Å². The number of rotatable bonds is 7. The topological polar surface area (TPSA) is 55.3 Å². The molecule has 8 heteroatoms. The molecule has 0 spiro atoms. The van der Waals surface area contributed by atoms with E-state index in [2.05, 4.69) is 47.1 Å². The molecule has 0 bridgehead atoms. The molecule has 198 valence electrons. The number of hydrogen-bond acceptors (Lipinski definition) is 4. The lowest BCUT2D eigenvalue weighted by atomic mass is 9.91. The summed E-state index contributed by atoms with van der Waals surface area (Å²) >= 11 is 0. The van der Waals surface area contributed by atoms with E-state index in [0.29, 0.717) is 32.1 Å². The van der Waals surface area contributed by atoms with E-state index < -0.39 is 11.6 Å².